The molecule has 0 aliphatic carbocycles. The van der Waals surface area contributed by atoms with Crippen LogP contribution in [0, 0.1) is 12.8 Å². The molecule has 3 rings (SSSR count). The predicted molar refractivity (Wildman–Crippen MR) is 123 cm³/mol. The SMILES string of the molecule is Cc1cnccc1C(=O)N(Cc1ccccc1OCC(C)C)c1cc(Cl)cc(Cl)c1. The van der Waals surface area contributed by atoms with Crippen LogP contribution in [0.5, 0.6) is 5.75 Å². The number of carbonyl (C=O) groups excluding carboxylic acids is 1. The standard InChI is InChI=1S/C24H24Cl2N2O2/c1-16(2)15-30-23-7-5-4-6-18(23)14-28(21-11-19(25)10-20(26)12-21)24(29)22-8-9-27-13-17(22)3/h4-13,16H,14-15H2,1-3H3. The molecule has 3 aromatic rings. The van der Waals surface area contributed by atoms with Crippen molar-refractivity contribution in [3.63, 3.8) is 0 Å². The number of rotatable bonds is 7. The number of aryl methyl sites for hydroxylation is 1. The average Bonchev–Trinajstić information content (AvgIpc) is 2.70. The third-order valence-electron chi connectivity index (χ3n) is 4.53. The first-order valence-electron chi connectivity index (χ1n) is 9.74. The second kappa shape index (κ2) is 9.96. The number of halogens is 2. The van der Waals surface area contributed by atoms with E-state index in [2.05, 4.69) is 18.8 Å². The summed E-state index contributed by atoms with van der Waals surface area (Å²) >= 11 is 12.5. The summed E-state index contributed by atoms with van der Waals surface area (Å²) in [6.45, 7) is 6.96. The molecule has 0 spiro atoms. The molecular weight excluding hydrogens is 419 g/mol. The van der Waals surface area contributed by atoms with Crippen LogP contribution in [0.25, 0.3) is 0 Å². The van der Waals surface area contributed by atoms with Crippen LogP contribution in [0.1, 0.15) is 35.3 Å². The third-order valence-corrected chi connectivity index (χ3v) is 4.96. The topological polar surface area (TPSA) is 42.4 Å². The van der Waals surface area contributed by atoms with Crippen molar-refractivity contribution in [1.29, 1.82) is 0 Å². The van der Waals surface area contributed by atoms with Crippen molar-refractivity contribution in [3.05, 3.63) is 87.7 Å². The first kappa shape index (κ1) is 22.1. The maximum absolute atomic E-state index is 13.5. The quantitative estimate of drug-likeness (QED) is 0.414. The molecule has 0 bridgehead atoms. The highest BCUT2D eigenvalue weighted by molar-refractivity contribution is 6.35. The minimum atomic E-state index is -0.160. The summed E-state index contributed by atoms with van der Waals surface area (Å²) in [6.07, 6.45) is 3.29. The van der Waals surface area contributed by atoms with Crippen molar-refractivity contribution in [1.82, 2.24) is 4.98 Å². The Morgan fingerprint density at radius 1 is 1.10 bits per heavy atom. The summed E-state index contributed by atoms with van der Waals surface area (Å²) in [6, 6.07) is 14.6. The van der Waals surface area contributed by atoms with Crippen LogP contribution >= 0.6 is 23.2 Å². The number of benzene rings is 2. The van der Waals surface area contributed by atoms with Gasteiger partial charge in [0.05, 0.1) is 13.2 Å². The fourth-order valence-electron chi connectivity index (χ4n) is 3.04. The molecule has 0 aliphatic heterocycles. The van der Waals surface area contributed by atoms with Gasteiger partial charge in [0.1, 0.15) is 5.75 Å². The number of hydrogen-bond donors (Lipinski definition) is 0. The first-order chi connectivity index (χ1) is 14.3. The number of pyridine rings is 1. The van der Waals surface area contributed by atoms with Gasteiger partial charge in [-0.1, -0.05) is 55.2 Å². The van der Waals surface area contributed by atoms with E-state index in [-0.39, 0.29) is 5.91 Å². The van der Waals surface area contributed by atoms with E-state index in [1.54, 1.807) is 41.6 Å². The van der Waals surface area contributed by atoms with Crippen LogP contribution in [-0.4, -0.2) is 17.5 Å². The van der Waals surface area contributed by atoms with Gasteiger partial charge in [-0.15, -0.1) is 0 Å². The second-order valence-corrected chi connectivity index (χ2v) is 8.39. The van der Waals surface area contributed by atoms with Gasteiger partial charge >= 0.3 is 0 Å². The number of nitrogens with zero attached hydrogens (tertiary/aromatic N) is 2. The molecule has 0 atom stereocenters. The lowest BCUT2D eigenvalue weighted by Crippen LogP contribution is -2.31. The molecule has 0 fully saturated rings. The van der Waals surface area contributed by atoms with E-state index >= 15 is 0 Å². The van der Waals surface area contributed by atoms with Crippen LogP contribution in [0.2, 0.25) is 10.0 Å². The average molecular weight is 443 g/mol. The fourth-order valence-corrected chi connectivity index (χ4v) is 3.55. The Balaban J connectivity index is 2.03. The lowest BCUT2D eigenvalue weighted by atomic mass is 10.1. The minimum absolute atomic E-state index is 0.160. The number of ether oxygens (including phenoxy) is 1. The lowest BCUT2D eigenvalue weighted by molar-refractivity contribution is 0.0984. The van der Waals surface area contributed by atoms with E-state index in [0.717, 1.165) is 16.9 Å². The molecule has 1 aromatic heterocycles. The van der Waals surface area contributed by atoms with Gasteiger partial charge in [0.15, 0.2) is 0 Å². The van der Waals surface area contributed by atoms with Crippen molar-refractivity contribution in [2.45, 2.75) is 27.3 Å². The molecule has 0 unspecified atom stereocenters. The van der Waals surface area contributed by atoms with E-state index in [0.29, 0.717) is 40.4 Å². The van der Waals surface area contributed by atoms with E-state index in [4.69, 9.17) is 27.9 Å². The van der Waals surface area contributed by atoms with Crippen LogP contribution in [-0.2, 0) is 6.54 Å². The summed E-state index contributed by atoms with van der Waals surface area (Å²) in [5.74, 6) is 0.984. The lowest BCUT2D eigenvalue weighted by Gasteiger charge is -2.25. The highest BCUT2D eigenvalue weighted by Gasteiger charge is 2.22. The first-order valence-corrected chi connectivity index (χ1v) is 10.5. The van der Waals surface area contributed by atoms with Gasteiger partial charge in [0.25, 0.3) is 5.91 Å². The van der Waals surface area contributed by atoms with Crippen LogP contribution in [0.4, 0.5) is 5.69 Å². The number of amides is 1. The maximum atomic E-state index is 13.5. The summed E-state index contributed by atoms with van der Waals surface area (Å²) in [5.41, 5.74) is 2.88. The normalized spacial score (nSPS) is 10.9. The monoisotopic (exact) mass is 442 g/mol. The largest absolute Gasteiger partial charge is 0.493 e. The van der Waals surface area contributed by atoms with Gasteiger partial charge in [-0.25, -0.2) is 0 Å². The Hall–Kier alpha value is -2.56. The molecule has 1 heterocycles. The number of aromatic nitrogens is 1. The van der Waals surface area contributed by atoms with Gasteiger partial charge < -0.3 is 9.64 Å². The van der Waals surface area contributed by atoms with Gasteiger partial charge in [-0.3, -0.25) is 9.78 Å². The maximum Gasteiger partial charge on any atom is 0.258 e. The minimum Gasteiger partial charge on any atom is -0.493 e. The highest BCUT2D eigenvalue weighted by atomic mass is 35.5. The second-order valence-electron chi connectivity index (χ2n) is 7.52. The van der Waals surface area contributed by atoms with E-state index in [9.17, 15) is 4.79 Å². The summed E-state index contributed by atoms with van der Waals surface area (Å²) in [7, 11) is 0. The number of hydrogen-bond acceptors (Lipinski definition) is 3. The Bertz CT molecular complexity index is 1020. The Morgan fingerprint density at radius 2 is 1.80 bits per heavy atom. The van der Waals surface area contributed by atoms with E-state index in [1.807, 2.05) is 31.2 Å². The smallest absolute Gasteiger partial charge is 0.258 e. The summed E-state index contributed by atoms with van der Waals surface area (Å²) < 4.78 is 5.99. The molecule has 0 saturated heterocycles. The number of anilines is 1. The Kier molecular flexibility index (Phi) is 7.35. The van der Waals surface area contributed by atoms with Gasteiger partial charge in [0, 0.05) is 39.3 Å². The zero-order valence-corrected chi connectivity index (χ0v) is 18.7. The molecule has 6 heteroatoms. The Morgan fingerprint density at radius 3 is 2.47 bits per heavy atom. The Labute approximate surface area is 187 Å². The van der Waals surface area contributed by atoms with E-state index < -0.39 is 0 Å². The zero-order valence-electron chi connectivity index (χ0n) is 17.2. The van der Waals surface area contributed by atoms with E-state index in [1.165, 1.54) is 0 Å². The van der Waals surface area contributed by atoms with Gasteiger partial charge in [0.2, 0.25) is 0 Å². The molecule has 0 radical (unpaired) electrons. The van der Waals surface area contributed by atoms with Crippen LogP contribution < -0.4 is 9.64 Å². The molecule has 4 nitrogen and oxygen atoms in total. The number of para-hydroxylation sites is 1. The summed E-state index contributed by atoms with van der Waals surface area (Å²) in [4.78, 5) is 19.3. The highest BCUT2D eigenvalue weighted by Crippen LogP contribution is 2.30. The van der Waals surface area contributed by atoms with Crippen molar-refractivity contribution in [3.8, 4) is 5.75 Å². The van der Waals surface area contributed by atoms with Crippen molar-refractivity contribution < 1.29 is 9.53 Å². The van der Waals surface area contributed by atoms with Crippen molar-refractivity contribution in [2.24, 2.45) is 5.92 Å². The van der Waals surface area contributed by atoms with Crippen molar-refractivity contribution in [2.75, 3.05) is 11.5 Å². The molecule has 30 heavy (non-hydrogen) atoms. The van der Waals surface area contributed by atoms with Gasteiger partial charge in [-0.05, 0) is 48.7 Å². The molecular formula is C24H24Cl2N2O2. The third kappa shape index (κ3) is 5.53. The van der Waals surface area contributed by atoms with Crippen LogP contribution in [0.3, 0.4) is 0 Å². The molecule has 0 saturated carbocycles. The molecule has 2 aromatic carbocycles. The summed E-state index contributed by atoms with van der Waals surface area (Å²) in [5, 5.41) is 0.928. The molecule has 0 N–H and O–H groups in total. The predicted octanol–water partition coefficient (Wildman–Crippen LogP) is 6.58. The molecule has 1 amide bonds. The van der Waals surface area contributed by atoms with Gasteiger partial charge in [-0.2, -0.15) is 0 Å². The van der Waals surface area contributed by atoms with Crippen molar-refractivity contribution >= 4 is 34.8 Å². The number of carbonyl (C=O) groups is 1. The fraction of sp³-hybridized carbons (Fsp3) is 0.250. The zero-order chi connectivity index (χ0) is 21.7. The molecule has 156 valence electrons. The van der Waals surface area contributed by atoms with Crippen LogP contribution in [0.15, 0.2) is 60.9 Å². The molecule has 0 aliphatic rings.